The summed E-state index contributed by atoms with van der Waals surface area (Å²) in [6.07, 6.45) is 2.96. The van der Waals surface area contributed by atoms with Gasteiger partial charge in [0.05, 0.1) is 5.71 Å². The molecule has 1 saturated heterocycles. The second kappa shape index (κ2) is 10.3. The summed E-state index contributed by atoms with van der Waals surface area (Å²) < 4.78 is 0. The number of carboxylic acid groups (broad SMARTS) is 2. The molecule has 2 rings (SSSR count). The van der Waals surface area contributed by atoms with Crippen molar-refractivity contribution in [1.82, 2.24) is 5.32 Å². The maximum atomic E-state index is 9.10. The molecule has 7 heteroatoms. The van der Waals surface area contributed by atoms with Crippen LogP contribution >= 0.6 is 0 Å². The van der Waals surface area contributed by atoms with Gasteiger partial charge in [-0.2, -0.15) is 0 Å². The molecule has 1 heterocycles. The van der Waals surface area contributed by atoms with Crippen LogP contribution in [0, 0.1) is 0 Å². The van der Waals surface area contributed by atoms with E-state index in [1.54, 1.807) is 0 Å². The molecule has 1 aromatic rings. The summed E-state index contributed by atoms with van der Waals surface area (Å²) in [4.78, 5) is 23.5. The van der Waals surface area contributed by atoms with Crippen LogP contribution < -0.4 is 5.32 Å². The molecule has 22 heavy (non-hydrogen) atoms. The zero-order chi connectivity index (χ0) is 16.2. The molecule has 3 N–H and O–H groups in total. The predicted octanol–water partition coefficient (Wildman–Crippen LogP) is 1.14. The van der Waals surface area contributed by atoms with Gasteiger partial charge >= 0.3 is 11.9 Å². The highest BCUT2D eigenvalue weighted by Gasteiger charge is 2.06. The van der Waals surface area contributed by atoms with E-state index >= 15 is 0 Å². The second-order valence-corrected chi connectivity index (χ2v) is 4.59. The summed E-state index contributed by atoms with van der Waals surface area (Å²) >= 11 is 0. The highest BCUT2D eigenvalue weighted by molar-refractivity contribution is 6.27. The minimum atomic E-state index is -1.82. The highest BCUT2D eigenvalue weighted by atomic mass is 16.6. The van der Waals surface area contributed by atoms with E-state index in [4.69, 9.17) is 24.6 Å². The summed E-state index contributed by atoms with van der Waals surface area (Å²) in [6, 6.07) is 10.4. The monoisotopic (exact) mass is 308 g/mol. The predicted molar refractivity (Wildman–Crippen MR) is 80.9 cm³/mol. The Hall–Kier alpha value is -2.41. The van der Waals surface area contributed by atoms with Crippen LogP contribution in [0.3, 0.4) is 0 Å². The molecule has 0 saturated carbocycles. The molecule has 0 aliphatic carbocycles. The Morgan fingerprint density at radius 3 is 2.23 bits per heavy atom. The van der Waals surface area contributed by atoms with Crippen molar-refractivity contribution in [1.29, 1.82) is 0 Å². The first-order valence-electron chi connectivity index (χ1n) is 6.98. The lowest BCUT2D eigenvalue weighted by Crippen LogP contribution is -2.27. The number of oxime groups is 1. The van der Waals surface area contributed by atoms with Gasteiger partial charge in [-0.05, 0) is 5.56 Å². The topological polar surface area (TPSA) is 108 Å². The lowest BCUT2D eigenvalue weighted by atomic mass is 10.1. The molecule has 0 aromatic heterocycles. The van der Waals surface area contributed by atoms with Crippen molar-refractivity contribution < 1.29 is 24.6 Å². The largest absolute Gasteiger partial charge is 0.473 e. The zero-order valence-electron chi connectivity index (χ0n) is 12.2. The molecule has 7 nitrogen and oxygen atoms in total. The Labute approximate surface area is 128 Å². The van der Waals surface area contributed by atoms with Crippen molar-refractivity contribution >= 4 is 17.7 Å². The van der Waals surface area contributed by atoms with Crippen LogP contribution in [0.1, 0.15) is 18.4 Å². The molecule has 1 aromatic carbocycles. The van der Waals surface area contributed by atoms with Crippen molar-refractivity contribution in [2.24, 2.45) is 5.16 Å². The van der Waals surface area contributed by atoms with Crippen LogP contribution in [0.25, 0.3) is 0 Å². The van der Waals surface area contributed by atoms with Crippen molar-refractivity contribution in [2.45, 2.75) is 19.3 Å². The van der Waals surface area contributed by atoms with Crippen LogP contribution in [-0.4, -0.2) is 47.6 Å². The van der Waals surface area contributed by atoms with Crippen LogP contribution in [0.15, 0.2) is 35.5 Å². The SMILES string of the molecule is O=C(O)C(=O)O.c1ccc(CCON=C2CCNCC2)cc1. The van der Waals surface area contributed by atoms with Gasteiger partial charge < -0.3 is 20.4 Å². The number of nitrogens with one attached hydrogen (secondary N) is 1. The number of benzene rings is 1. The Bertz CT molecular complexity index is 482. The van der Waals surface area contributed by atoms with Gasteiger partial charge in [-0.3, -0.25) is 0 Å². The number of carboxylic acids is 2. The third-order valence-corrected chi connectivity index (χ3v) is 2.88. The Balaban J connectivity index is 0.000000346. The van der Waals surface area contributed by atoms with E-state index in [-0.39, 0.29) is 0 Å². The summed E-state index contributed by atoms with van der Waals surface area (Å²) in [5, 5.41) is 22.3. The number of hydrogen-bond donors (Lipinski definition) is 3. The number of aliphatic carboxylic acids is 2. The average Bonchev–Trinajstić information content (AvgIpc) is 2.54. The number of piperidine rings is 1. The molecule has 120 valence electrons. The molecule has 0 atom stereocenters. The van der Waals surface area contributed by atoms with Gasteiger partial charge in [-0.15, -0.1) is 0 Å². The van der Waals surface area contributed by atoms with Gasteiger partial charge in [0, 0.05) is 32.4 Å². The minimum Gasteiger partial charge on any atom is -0.473 e. The first-order valence-corrected chi connectivity index (χ1v) is 6.98. The molecular weight excluding hydrogens is 288 g/mol. The number of carbonyl (C=O) groups is 2. The lowest BCUT2D eigenvalue weighted by molar-refractivity contribution is -0.159. The number of hydrogen-bond acceptors (Lipinski definition) is 5. The molecule has 0 spiro atoms. The summed E-state index contributed by atoms with van der Waals surface area (Å²) in [5.74, 6) is -3.65. The Morgan fingerprint density at radius 1 is 1.09 bits per heavy atom. The van der Waals surface area contributed by atoms with E-state index in [2.05, 4.69) is 22.6 Å². The van der Waals surface area contributed by atoms with Gasteiger partial charge in [-0.25, -0.2) is 9.59 Å². The Kier molecular flexibility index (Phi) is 8.29. The van der Waals surface area contributed by atoms with E-state index < -0.39 is 11.9 Å². The van der Waals surface area contributed by atoms with Crippen molar-refractivity contribution in [3.05, 3.63) is 35.9 Å². The van der Waals surface area contributed by atoms with Gasteiger partial charge in [0.2, 0.25) is 0 Å². The van der Waals surface area contributed by atoms with Crippen molar-refractivity contribution in [3.63, 3.8) is 0 Å². The van der Waals surface area contributed by atoms with E-state index in [9.17, 15) is 0 Å². The molecule has 0 radical (unpaired) electrons. The van der Waals surface area contributed by atoms with Gasteiger partial charge in [-0.1, -0.05) is 35.5 Å². The van der Waals surface area contributed by atoms with E-state index in [1.165, 1.54) is 11.3 Å². The lowest BCUT2D eigenvalue weighted by Gasteiger charge is -2.13. The summed E-state index contributed by atoms with van der Waals surface area (Å²) in [6.45, 7) is 2.72. The molecule has 1 aliphatic rings. The van der Waals surface area contributed by atoms with E-state index in [0.29, 0.717) is 6.61 Å². The Morgan fingerprint density at radius 2 is 1.68 bits per heavy atom. The first-order chi connectivity index (χ1) is 10.6. The van der Waals surface area contributed by atoms with Crippen LogP contribution in [0.4, 0.5) is 0 Å². The van der Waals surface area contributed by atoms with E-state index in [1.807, 2.05) is 18.2 Å². The molecule has 0 amide bonds. The van der Waals surface area contributed by atoms with Gasteiger partial charge in [0.15, 0.2) is 0 Å². The fraction of sp³-hybridized carbons (Fsp3) is 0.400. The third kappa shape index (κ3) is 8.01. The van der Waals surface area contributed by atoms with Crippen LogP contribution in [-0.2, 0) is 20.8 Å². The van der Waals surface area contributed by atoms with Gasteiger partial charge in [0.1, 0.15) is 6.61 Å². The van der Waals surface area contributed by atoms with Crippen LogP contribution in [0.5, 0.6) is 0 Å². The van der Waals surface area contributed by atoms with Crippen molar-refractivity contribution in [2.75, 3.05) is 19.7 Å². The summed E-state index contributed by atoms with van der Waals surface area (Å²) in [7, 11) is 0. The minimum absolute atomic E-state index is 0.668. The number of nitrogens with zero attached hydrogens (tertiary/aromatic N) is 1. The quantitative estimate of drug-likeness (QED) is 0.437. The van der Waals surface area contributed by atoms with Crippen LogP contribution in [0.2, 0.25) is 0 Å². The van der Waals surface area contributed by atoms with Crippen molar-refractivity contribution in [3.8, 4) is 0 Å². The molecular formula is C15H20N2O5. The number of rotatable bonds is 4. The maximum Gasteiger partial charge on any atom is 0.414 e. The maximum absolute atomic E-state index is 9.10. The average molecular weight is 308 g/mol. The second-order valence-electron chi connectivity index (χ2n) is 4.59. The smallest absolute Gasteiger partial charge is 0.414 e. The fourth-order valence-corrected chi connectivity index (χ4v) is 1.75. The standard InChI is InChI=1S/C13H18N2O.C2H2O4/c1-2-4-12(5-3-1)8-11-16-15-13-6-9-14-10-7-13;3-1(4)2(5)6/h1-5,14H,6-11H2;(H,3,4)(H,5,6). The highest BCUT2D eigenvalue weighted by Crippen LogP contribution is 2.02. The normalized spacial score (nSPS) is 13.5. The zero-order valence-corrected chi connectivity index (χ0v) is 12.2. The third-order valence-electron chi connectivity index (χ3n) is 2.88. The van der Waals surface area contributed by atoms with E-state index in [0.717, 1.165) is 32.4 Å². The molecule has 0 unspecified atom stereocenters. The van der Waals surface area contributed by atoms with Gasteiger partial charge in [0.25, 0.3) is 0 Å². The molecule has 1 aliphatic heterocycles. The molecule has 0 bridgehead atoms. The molecule has 1 fully saturated rings. The first kappa shape index (κ1) is 17.6. The fourth-order valence-electron chi connectivity index (χ4n) is 1.75. The summed E-state index contributed by atoms with van der Waals surface area (Å²) in [5.41, 5.74) is 2.49.